The second-order valence-electron chi connectivity index (χ2n) is 7.15. The third-order valence-electron chi connectivity index (χ3n) is 5.18. The second kappa shape index (κ2) is 8.35. The number of fused-ring (bicyclic) bond motifs is 1. The van der Waals surface area contributed by atoms with Gasteiger partial charge in [0.15, 0.2) is 5.75 Å². The number of carbonyl (C=O) groups excluding carboxylic acids is 2. The van der Waals surface area contributed by atoms with E-state index in [-0.39, 0.29) is 12.1 Å². The zero-order valence-corrected chi connectivity index (χ0v) is 17.0. The Hall–Kier alpha value is -4.46. The van der Waals surface area contributed by atoms with Crippen molar-refractivity contribution in [3.05, 3.63) is 99.1 Å². The molecule has 4 rings (SSSR count). The van der Waals surface area contributed by atoms with Gasteiger partial charge in [-0.3, -0.25) is 24.6 Å². The molecule has 8 nitrogen and oxygen atoms in total. The van der Waals surface area contributed by atoms with Crippen molar-refractivity contribution in [1.82, 2.24) is 4.90 Å². The number of hydrogen-bond acceptors (Lipinski definition) is 6. The maximum atomic E-state index is 13.3. The second-order valence-corrected chi connectivity index (χ2v) is 7.15. The van der Waals surface area contributed by atoms with Crippen LogP contribution in [0.15, 0.2) is 66.7 Å². The molecule has 0 atom stereocenters. The summed E-state index contributed by atoms with van der Waals surface area (Å²) in [6, 6.07) is 17.6. The van der Waals surface area contributed by atoms with E-state index in [2.05, 4.69) is 0 Å². The van der Waals surface area contributed by atoms with Gasteiger partial charge in [0.2, 0.25) is 0 Å². The molecule has 0 spiro atoms. The van der Waals surface area contributed by atoms with Crippen molar-refractivity contribution < 1.29 is 24.4 Å². The summed E-state index contributed by atoms with van der Waals surface area (Å²) >= 11 is 0. The van der Waals surface area contributed by atoms with Crippen LogP contribution in [0, 0.1) is 10.1 Å². The van der Waals surface area contributed by atoms with Gasteiger partial charge in [0.1, 0.15) is 5.75 Å². The number of methoxy groups -OCH3 is 1. The van der Waals surface area contributed by atoms with Gasteiger partial charge in [-0.1, -0.05) is 36.4 Å². The molecule has 1 aliphatic heterocycles. The molecule has 0 fully saturated rings. The fourth-order valence-electron chi connectivity index (χ4n) is 3.54. The average molecular weight is 430 g/mol. The summed E-state index contributed by atoms with van der Waals surface area (Å²) in [7, 11) is 1.55. The number of ether oxygens (including phenoxy) is 1. The molecule has 0 aliphatic carbocycles. The zero-order valence-electron chi connectivity index (χ0n) is 17.0. The Balaban J connectivity index is 1.78. The van der Waals surface area contributed by atoms with Gasteiger partial charge in [-0.25, -0.2) is 0 Å². The predicted octanol–water partition coefficient (Wildman–Crippen LogP) is 4.03. The minimum absolute atomic E-state index is 0.0586. The highest BCUT2D eigenvalue weighted by Crippen LogP contribution is 2.33. The van der Waals surface area contributed by atoms with Crippen molar-refractivity contribution in [3.8, 4) is 11.5 Å². The Bertz CT molecular complexity index is 1260. The lowest BCUT2D eigenvalue weighted by Crippen LogP contribution is -2.41. The highest BCUT2D eigenvalue weighted by Gasteiger charge is 2.34. The number of nitro groups is 1. The predicted molar refractivity (Wildman–Crippen MR) is 117 cm³/mol. The van der Waals surface area contributed by atoms with Crippen molar-refractivity contribution in [2.45, 2.75) is 6.54 Å². The van der Waals surface area contributed by atoms with E-state index in [0.717, 1.165) is 10.5 Å². The molecule has 0 aromatic heterocycles. The van der Waals surface area contributed by atoms with Crippen molar-refractivity contribution in [2.75, 3.05) is 7.11 Å². The van der Waals surface area contributed by atoms with Crippen LogP contribution in [0.2, 0.25) is 0 Å². The molecule has 0 radical (unpaired) electrons. The molecular weight excluding hydrogens is 412 g/mol. The minimum atomic E-state index is -0.701. The van der Waals surface area contributed by atoms with Crippen LogP contribution in [0.5, 0.6) is 11.5 Å². The fourth-order valence-corrected chi connectivity index (χ4v) is 3.54. The SMILES string of the molecule is COc1ccc(CN2C(=O)/C(=C\c3ccc(O)c([N+](=O)[O-])c3)c3ccccc3C2=O)cc1. The summed E-state index contributed by atoms with van der Waals surface area (Å²) in [4.78, 5) is 38.0. The van der Waals surface area contributed by atoms with E-state index < -0.39 is 28.2 Å². The average Bonchev–Trinajstić information content (AvgIpc) is 2.80. The summed E-state index contributed by atoms with van der Waals surface area (Å²) in [5.74, 6) is -0.746. The lowest BCUT2D eigenvalue weighted by Gasteiger charge is -2.28. The topological polar surface area (TPSA) is 110 Å². The monoisotopic (exact) mass is 430 g/mol. The number of aromatic hydroxyl groups is 1. The number of imide groups is 1. The van der Waals surface area contributed by atoms with E-state index in [4.69, 9.17) is 4.74 Å². The smallest absolute Gasteiger partial charge is 0.311 e. The zero-order chi connectivity index (χ0) is 22.8. The molecule has 3 aromatic rings. The van der Waals surface area contributed by atoms with Gasteiger partial charge in [0, 0.05) is 17.2 Å². The third-order valence-corrected chi connectivity index (χ3v) is 5.18. The minimum Gasteiger partial charge on any atom is -0.502 e. The highest BCUT2D eigenvalue weighted by molar-refractivity contribution is 6.33. The molecule has 1 aliphatic rings. The van der Waals surface area contributed by atoms with Gasteiger partial charge in [-0.15, -0.1) is 0 Å². The van der Waals surface area contributed by atoms with E-state index in [0.29, 0.717) is 22.4 Å². The van der Waals surface area contributed by atoms with Crippen LogP contribution in [0.3, 0.4) is 0 Å². The summed E-state index contributed by atoms with van der Waals surface area (Å²) in [5, 5.41) is 20.9. The molecule has 0 saturated carbocycles. The van der Waals surface area contributed by atoms with Crippen LogP contribution < -0.4 is 4.74 Å². The Morgan fingerprint density at radius 2 is 1.69 bits per heavy atom. The Morgan fingerprint density at radius 1 is 1.00 bits per heavy atom. The first kappa shape index (κ1) is 20.8. The molecule has 3 aromatic carbocycles. The number of phenols is 1. The molecule has 0 saturated heterocycles. The van der Waals surface area contributed by atoms with E-state index >= 15 is 0 Å². The largest absolute Gasteiger partial charge is 0.502 e. The number of nitrogens with zero attached hydrogens (tertiary/aromatic N) is 2. The van der Waals surface area contributed by atoms with E-state index in [9.17, 15) is 24.8 Å². The van der Waals surface area contributed by atoms with Crippen LogP contribution in [0.1, 0.15) is 27.0 Å². The van der Waals surface area contributed by atoms with Crippen LogP contribution in [0.4, 0.5) is 5.69 Å². The normalized spacial score (nSPS) is 14.4. The number of carbonyl (C=O) groups is 2. The van der Waals surface area contributed by atoms with Gasteiger partial charge in [-0.05, 0) is 47.0 Å². The molecule has 1 N–H and O–H groups in total. The lowest BCUT2D eigenvalue weighted by molar-refractivity contribution is -0.385. The van der Waals surface area contributed by atoms with Crippen LogP contribution in [-0.4, -0.2) is 33.9 Å². The van der Waals surface area contributed by atoms with E-state index in [1.165, 1.54) is 24.3 Å². The molecular formula is C24H18N2O6. The summed E-state index contributed by atoms with van der Waals surface area (Å²) in [6.45, 7) is 0.0586. The first-order valence-electron chi connectivity index (χ1n) is 9.66. The van der Waals surface area contributed by atoms with Crippen molar-refractivity contribution in [3.63, 3.8) is 0 Å². The standard InChI is InChI=1S/C24H18N2O6/c1-32-17-9-6-15(7-10-17)14-25-23(28)19-5-3-2-4-18(19)20(24(25)29)12-16-8-11-22(27)21(13-16)26(30)31/h2-13,27H,14H2,1H3/b20-12-. The van der Waals surface area contributed by atoms with Crippen molar-refractivity contribution in [2.24, 2.45) is 0 Å². The van der Waals surface area contributed by atoms with Gasteiger partial charge >= 0.3 is 5.69 Å². The molecule has 0 unspecified atom stereocenters. The van der Waals surface area contributed by atoms with Crippen LogP contribution in [-0.2, 0) is 11.3 Å². The molecule has 32 heavy (non-hydrogen) atoms. The first-order chi connectivity index (χ1) is 15.4. The van der Waals surface area contributed by atoms with Gasteiger partial charge in [0.05, 0.1) is 18.6 Å². The number of hydrogen-bond donors (Lipinski definition) is 1. The molecule has 1 heterocycles. The maximum Gasteiger partial charge on any atom is 0.311 e. The van der Waals surface area contributed by atoms with Gasteiger partial charge in [0.25, 0.3) is 11.8 Å². The first-order valence-corrected chi connectivity index (χ1v) is 9.66. The van der Waals surface area contributed by atoms with Crippen LogP contribution in [0.25, 0.3) is 11.6 Å². The van der Waals surface area contributed by atoms with Crippen molar-refractivity contribution >= 4 is 29.2 Å². The Labute approximate surface area is 183 Å². The third kappa shape index (κ3) is 3.81. The fraction of sp³-hybridized carbons (Fsp3) is 0.0833. The number of nitro benzene ring substituents is 1. The highest BCUT2D eigenvalue weighted by atomic mass is 16.6. The number of benzene rings is 3. The molecule has 8 heteroatoms. The molecule has 2 amide bonds. The van der Waals surface area contributed by atoms with Gasteiger partial charge < -0.3 is 9.84 Å². The maximum absolute atomic E-state index is 13.3. The summed E-state index contributed by atoms with van der Waals surface area (Å²) in [5.41, 5.74) is 1.66. The summed E-state index contributed by atoms with van der Waals surface area (Å²) in [6.07, 6.45) is 1.49. The Morgan fingerprint density at radius 3 is 2.34 bits per heavy atom. The molecule has 160 valence electrons. The number of amides is 2. The lowest BCUT2D eigenvalue weighted by atomic mass is 9.91. The van der Waals surface area contributed by atoms with Crippen molar-refractivity contribution in [1.29, 1.82) is 0 Å². The number of phenolic OH excluding ortho intramolecular Hbond substituents is 1. The number of rotatable bonds is 5. The van der Waals surface area contributed by atoms with Crippen LogP contribution >= 0.6 is 0 Å². The van der Waals surface area contributed by atoms with Gasteiger partial charge in [-0.2, -0.15) is 0 Å². The summed E-state index contributed by atoms with van der Waals surface area (Å²) < 4.78 is 5.14. The van der Waals surface area contributed by atoms with E-state index in [1.807, 2.05) is 0 Å². The quantitative estimate of drug-likeness (QED) is 0.283. The van der Waals surface area contributed by atoms with E-state index in [1.54, 1.807) is 55.6 Å². The molecule has 0 bridgehead atoms. The Kier molecular flexibility index (Phi) is 5.43.